The van der Waals surface area contributed by atoms with Crippen LogP contribution in [0.5, 0.6) is 0 Å². The van der Waals surface area contributed by atoms with Crippen molar-refractivity contribution in [3.05, 3.63) is 0 Å². The van der Waals surface area contributed by atoms with Crippen LogP contribution in [0.2, 0.25) is 0 Å². The zero-order valence-corrected chi connectivity index (χ0v) is 20.5. The Labute approximate surface area is 216 Å². The van der Waals surface area contributed by atoms with Crippen molar-refractivity contribution in [2.75, 3.05) is 85.2 Å². The molecule has 0 amide bonds. The van der Waals surface area contributed by atoms with E-state index in [-0.39, 0.29) is 110 Å². The van der Waals surface area contributed by atoms with Crippen molar-refractivity contribution in [3.8, 4) is 0 Å². The van der Waals surface area contributed by atoms with Crippen LogP contribution < -0.4 is 0 Å². The number of carboxylic acid groups (broad SMARTS) is 3. The largest absolute Gasteiger partial charge is 0.480 e. The van der Waals surface area contributed by atoms with E-state index < -0.39 is 43.3 Å². The maximum absolute atomic E-state index is 11.2. The average Bonchev–Trinajstić information content (AvgIpc) is 2.68. The SMILES string of the molecule is O=C(O)CN1CCN(CC(=O)O)CCN(C(CO)C(O)CO)CCN(CC(=O)O)CC1.[Ca]. The van der Waals surface area contributed by atoms with Gasteiger partial charge in [0.1, 0.15) is 0 Å². The summed E-state index contributed by atoms with van der Waals surface area (Å²) in [6, 6.07) is -0.796. The summed E-state index contributed by atoms with van der Waals surface area (Å²) in [7, 11) is 0. The first-order valence-electron chi connectivity index (χ1n) is 10.1. The van der Waals surface area contributed by atoms with Crippen LogP contribution in [0.1, 0.15) is 0 Å². The van der Waals surface area contributed by atoms with E-state index in [4.69, 9.17) is 5.11 Å². The molecule has 0 aromatic carbocycles. The average molecular weight is 491 g/mol. The monoisotopic (exact) mass is 490 g/mol. The fraction of sp³-hybridized carbons (Fsp3) is 0.833. The van der Waals surface area contributed by atoms with Crippen LogP contribution in [0, 0.1) is 0 Å². The van der Waals surface area contributed by atoms with Gasteiger partial charge in [0.2, 0.25) is 0 Å². The first-order valence-corrected chi connectivity index (χ1v) is 10.1. The summed E-state index contributed by atoms with van der Waals surface area (Å²) in [6.45, 7) is 0.396. The summed E-state index contributed by atoms with van der Waals surface area (Å²) < 4.78 is 0. The molecule has 1 fully saturated rings. The molecular formula is C18H34CaN4O9. The van der Waals surface area contributed by atoms with Gasteiger partial charge in [-0.05, 0) is 0 Å². The normalized spacial score (nSPS) is 20.3. The van der Waals surface area contributed by atoms with Crippen LogP contribution in [0.3, 0.4) is 0 Å². The molecule has 0 saturated carbocycles. The molecule has 2 atom stereocenters. The summed E-state index contributed by atoms with van der Waals surface area (Å²) in [5.41, 5.74) is 0. The van der Waals surface area contributed by atoms with E-state index in [9.17, 15) is 39.9 Å². The summed E-state index contributed by atoms with van der Waals surface area (Å²) in [4.78, 5) is 40.3. The Morgan fingerprint density at radius 2 is 0.938 bits per heavy atom. The molecule has 182 valence electrons. The van der Waals surface area contributed by atoms with Crippen LogP contribution in [-0.4, -0.2) is 203 Å². The second-order valence-electron chi connectivity index (χ2n) is 7.55. The third-order valence-electron chi connectivity index (χ3n) is 5.24. The quantitative estimate of drug-likeness (QED) is 0.162. The van der Waals surface area contributed by atoms with E-state index in [1.807, 2.05) is 0 Å². The minimum atomic E-state index is -1.22. The molecule has 0 aromatic rings. The van der Waals surface area contributed by atoms with Gasteiger partial charge in [0.05, 0.1) is 45.0 Å². The molecule has 0 spiro atoms. The van der Waals surface area contributed by atoms with Crippen molar-refractivity contribution in [1.29, 1.82) is 0 Å². The van der Waals surface area contributed by atoms with Crippen LogP contribution >= 0.6 is 0 Å². The number of carbonyl (C=O) groups is 3. The Balaban J connectivity index is 0.00000961. The number of rotatable bonds is 10. The Morgan fingerprint density at radius 1 is 0.625 bits per heavy atom. The Hall–Kier alpha value is -0.610. The summed E-state index contributed by atoms with van der Waals surface area (Å²) in [6.07, 6.45) is -1.22. The van der Waals surface area contributed by atoms with E-state index >= 15 is 0 Å². The number of hydrogen-bond donors (Lipinski definition) is 6. The van der Waals surface area contributed by atoms with Crippen LogP contribution in [-0.2, 0) is 14.4 Å². The fourth-order valence-corrected chi connectivity index (χ4v) is 3.53. The van der Waals surface area contributed by atoms with Gasteiger partial charge in [-0.25, -0.2) is 0 Å². The van der Waals surface area contributed by atoms with Crippen molar-refractivity contribution in [2.45, 2.75) is 12.1 Å². The smallest absolute Gasteiger partial charge is 0.317 e. The molecule has 2 radical (unpaired) electrons. The minimum absolute atomic E-state index is 0. The number of hydrogen-bond acceptors (Lipinski definition) is 10. The van der Waals surface area contributed by atoms with E-state index in [1.54, 1.807) is 19.6 Å². The number of nitrogens with zero attached hydrogens (tertiary/aromatic N) is 4. The summed E-state index contributed by atoms with van der Waals surface area (Å²) in [5, 5.41) is 56.6. The van der Waals surface area contributed by atoms with E-state index in [2.05, 4.69) is 0 Å². The second kappa shape index (κ2) is 16.9. The topological polar surface area (TPSA) is 186 Å². The Bertz CT molecular complexity index is 555. The minimum Gasteiger partial charge on any atom is -0.480 e. The molecular weight excluding hydrogens is 456 g/mol. The second-order valence-corrected chi connectivity index (χ2v) is 7.55. The van der Waals surface area contributed by atoms with Crippen LogP contribution in [0.15, 0.2) is 0 Å². The van der Waals surface area contributed by atoms with Gasteiger partial charge in [-0.15, -0.1) is 0 Å². The van der Waals surface area contributed by atoms with E-state index in [0.717, 1.165) is 0 Å². The number of aliphatic hydroxyl groups excluding tert-OH is 3. The first kappa shape index (κ1) is 31.4. The van der Waals surface area contributed by atoms with Gasteiger partial charge in [0, 0.05) is 90.1 Å². The van der Waals surface area contributed by atoms with Crippen LogP contribution in [0.25, 0.3) is 0 Å². The Kier molecular flexibility index (Phi) is 16.6. The van der Waals surface area contributed by atoms with Gasteiger partial charge in [-0.3, -0.25) is 34.0 Å². The van der Waals surface area contributed by atoms with Gasteiger partial charge in [0.25, 0.3) is 0 Å². The molecule has 1 heterocycles. The van der Waals surface area contributed by atoms with Gasteiger partial charge in [-0.2, -0.15) is 0 Å². The van der Waals surface area contributed by atoms with Gasteiger partial charge in [0.15, 0.2) is 0 Å². The maximum Gasteiger partial charge on any atom is 0.317 e. The predicted molar refractivity (Wildman–Crippen MR) is 114 cm³/mol. The van der Waals surface area contributed by atoms with E-state index in [0.29, 0.717) is 0 Å². The van der Waals surface area contributed by atoms with Gasteiger partial charge < -0.3 is 30.6 Å². The summed E-state index contributed by atoms with van der Waals surface area (Å²) >= 11 is 0. The molecule has 32 heavy (non-hydrogen) atoms. The zero-order valence-electron chi connectivity index (χ0n) is 18.3. The molecule has 2 unspecified atom stereocenters. The third-order valence-corrected chi connectivity index (χ3v) is 5.24. The van der Waals surface area contributed by atoms with Gasteiger partial charge in [-0.1, -0.05) is 0 Å². The zero-order chi connectivity index (χ0) is 23.4. The molecule has 0 aliphatic carbocycles. The van der Waals surface area contributed by atoms with Crippen molar-refractivity contribution < 1.29 is 45.0 Å². The molecule has 1 aliphatic heterocycles. The first-order chi connectivity index (χ1) is 14.7. The van der Waals surface area contributed by atoms with Crippen molar-refractivity contribution in [2.24, 2.45) is 0 Å². The molecule has 0 aromatic heterocycles. The molecule has 14 heteroatoms. The molecule has 0 bridgehead atoms. The fourth-order valence-electron chi connectivity index (χ4n) is 3.53. The molecule has 1 rings (SSSR count). The van der Waals surface area contributed by atoms with Crippen LogP contribution in [0.4, 0.5) is 0 Å². The molecule has 1 saturated heterocycles. The molecule has 1 aliphatic rings. The molecule has 13 nitrogen and oxygen atoms in total. The summed E-state index contributed by atoms with van der Waals surface area (Å²) in [5.74, 6) is -3.10. The third kappa shape index (κ3) is 12.6. The van der Waals surface area contributed by atoms with Crippen molar-refractivity contribution in [1.82, 2.24) is 19.6 Å². The number of carboxylic acids is 3. The van der Waals surface area contributed by atoms with Crippen molar-refractivity contribution >= 4 is 55.6 Å². The predicted octanol–water partition coefficient (Wildman–Crippen LogP) is -4.20. The van der Waals surface area contributed by atoms with Gasteiger partial charge >= 0.3 is 17.9 Å². The molecule has 6 N–H and O–H groups in total. The number of aliphatic carboxylic acids is 3. The maximum atomic E-state index is 11.2. The number of aliphatic hydroxyl groups is 3. The van der Waals surface area contributed by atoms with Crippen molar-refractivity contribution in [3.63, 3.8) is 0 Å². The standard InChI is InChI=1S/C18H34N4O9.Ca/c23-12-14(15(25)13-24)22-7-5-20(10-17(28)29)3-1-19(9-16(26)27)2-4-21(6-8-22)11-18(30)31;/h14-15,23-25H,1-13H2,(H,26,27)(H,28,29)(H,30,31);. The van der Waals surface area contributed by atoms with E-state index in [1.165, 1.54) is 0 Å². The Morgan fingerprint density at radius 3 is 1.19 bits per heavy atom.